The maximum absolute atomic E-state index is 12.9. The Balaban J connectivity index is 1.97. The first-order valence-corrected chi connectivity index (χ1v) is 5.41. The van der Waals surface area contributed by atoms with E-state index in [0.717, 1.165) is 0 Å². The van der Waals surface area contributed by atoms with Crippen LogP contribution in [0.15, 0.2) is 18.2 Å². The molecule has 0 radical (unpaired) electrons. The lowest BCUT2D eigenvalue weighted by atomic mass is 10.1. The van der Waals surface area contributed by atoms with Crippen LogP contribution >= 0.6 is 11.6 Å². The lowest BCUT2D eigenvalue weighted by Gasteiger charge is -2.12. The van der Waals surface area contributed by atoms with E-state index in [0.29, 0.717) is 18.2 Å². The molecule has 0 amide bonds. The van der Waals surface area contributed by atoms with Crippen molar-refractivity contribution in [2.45, 2.75) is 25.0 Å². The minimum atomic E-state index is -0.622. The first-order valence-electron chi connectivity index (χ1n) is 5.03. The molecule has 4 heteroatoms. The third-order valence-electron chi connectivity index (χ3n) is 2.51. The van der Waals surface area contributed by atoms with Crippen LogP contribution in [0.4, 0.5) is 4.39 Å². The summed E-state index contributed by atoms with van der Waals surface area (Å²) in [7, 11) is 0. The molecule has 1 aliphatic rings. The van der Waals surface area contributed by atoms with Crippen molar-refractivity contribution in [2.24, 2.45) is 0 Å². The van der Waals surface area contributed by atoms with Crippen molar-refractivity contribution in [3.8, 4) is 0 Å². The van der Waals surface area contributed by atoms with Crippen LogP contribution < -0.4 is 5.32 Å². The van der Waals surface area contributed by atoms with Gasteiger partial charge in [-0.25, -0.2) is 4.39 Å². The standard InChI is InChI=1S/C11H13ClFNO/c12-9-5-7(1-4-10(9)13)11(15)6-14-8-2-3-8/h1,4-5,8,11,14-15H,2-3,6H2. The monoisotopic (exact) mass is 229 g/mol. The van der Waals surface area contributed by atoms with E-state index in [4.69, 9.17) is 11.6 Å². The van der Waals surface area contributed by atoms with Gasteiger partial charge in [0.2, 0.25) is 0 Å². The topological polar surface area (TPSA) is 32.3 Å². The predicted octanol–water partition coefficient (Wildman–Crippen LogP) is 2.26. The number of halogens is 2. The zero-order chi connectivity index (χ0) is 10.8. The van der Waals surface area contributed by atoms with Crippen molar-refractivity contribution >= 4 is 11.6 Å². The lowest BCUT2D eigenvalue weighted by molar-refractivity contribution is 0.174. The number of nitrogens with one attached hydrogen (secondary N) is 1. The molecule has 1 fully saturated rings. The third kappa shape index (κ3) is 2.91. The van der Waals surface area contributed by atoms with Crippen LogP contribution in [0.25, 0.3) is 0 Å². The largest absolute Gasteiger partial charge is 0.387 e. The summed E-state index contributed by atoms with van der Waals surface area (Å²) in [6, 6.07) is 4.85. The highest BCUT2D eigenvalue weighted by Gasteiger charge is 2.21. The van der Waals surface area contributed by atoms with Gasteiger partial charge >= 0.3 is 0 Å². The molecule has 0 saturated heterocycles. The molecule has 1 atom stereocenters. The molecule has 0 aromatic heterocycles. The summed E-state index contributed by atoms with van der Waals surface area (Å²) in [5.41, 5.74) is 0.648. The van der Waals surface area contributed by atoms with Crippen LogP contribution in [-0.4, -0.2) is 17.7 Å². The number of benzene rings is 1. The van der Waals surface area contributed by atoms with Gasteiger partial charge in [-0.2, -0.15) is 0 Å². The summed E-state index contributed by atoms with van der Waals surface area (Å²) in [6.45, 7) is 0.493. The van der Waals surface area contributed by atoms with E-state index < -0.39 is 11.9 Å². The molecular weight excluding hydrogens is 217 g/mol. The smallest absolute Gasteiger partial charge is 0.141 e. The van der Waals surface area contributed by atoms with Gasteiger partial charge in [0.15, 0.2) is 0 Å². The van der Waals surface area contributed by atoms with Crippen molar-refractivity contribution in [3.05, 3.63) is 34.6 Å². The zero-order valence-corrected chi connectivity index (χ0v) is 8.97. The van der Waals surface area contributed by atoms with Crippen LogP contribution in [0, 0.1) is 5.82 Å². The second-order valence-electron chi connectivity index (χ2n) is 3.87. The lowest BCUT2D eigenvalue weighted by Crippen LogP contribution is -2.23. The van der Waals surface area contributed by atoms with E-state index >= 15 is 0 Å². The maximum atomic E-state index is 12.9. The van der Waals surface area contributed by atoms with E-state index in [-0.39, 0.29) is 5.02 Å². The average molecular weight is 230 g/mol. The molecule has 1 aliphatic carbocycles. The van der Waals surface area contributed by atoms with Gasteiger partial charge in [-0.1, -0.05) is 17.7 Å². The predicted molar refractivity (Wildman–Crippen MR) is 57.4 cm³/mol. The van der Waals surface area contributed by atoms with Crippen LogP contribution in [0.1, 0.15) is 24.5 Å². The summed E-state index contributed by atoms with van der Waals surface area (Å²) in [5.74, 6) is -0.456. The highest BCUT2D eigenvalue weighted by Crippen LogP contribution is 2.22. The normalized spacial score (nSPS) is 17.8. The molecule has 0 bridgehead atoms. The highest BCUT2D eigenvalue weighted by atomic mass is 35.5. The molecule has 0 aliphatic heterocycles. The van der Waals surface area contributed by atoms with Crippen LogP contribution in [0.3, 0.4) is 0 Å². The fraction of sp³-hybridized carbons (Fsp3) is 0.455. The van der Waals surface area contributed by atoms with E-state index in [9.17, 15) is 9.50 Å². The summed E-state index contributed by atoms with van der Waals surface area (Å²) in [6.07, 6.45) is 1.73. The second kappa shape index (κ2) is 4.47. The summed E-state index contributed by atoms with van der Waals surface area (Å²) < 4.78 is 12.9. The molecule has 0 spiro atoms. The number of rotatable bonds is 4. The van der Waals surface area contributed by atoms with E-state index in [1.807, 2.05) is 0 Å². The van der Waals surface area contributed by atoms with Crippen molar-refractivity contribution in [1.29, 1.82) is 0 Å². The van der Waals surface area contributed by atoms with E-state index in [1.54, 1.807) is 6.07 Å². The summed E-state index contributed by atoms with van der Waals surface area (Å²) in [4.78, 5) is 0. The molecule has 1 unspecified atom stereocenters. The Morgan fingerprint density at radius 3 is 2.87 bits per heavy atom. The number of aliphatic hydroxyl groups is 1. The second-order valence-corrected chi connectivity index (χ2v) is 4.28. The fourth-order valence-corrected chi connectivity index (χ4v) is 1.59. The number of hydrogen-bond acceptors (Lipinski definition) is 2. The molecule has 1 aromatic rings. The van der Waals surface area contributed by atoms with Gasteiger partial charge < -0.3 is 10.4 Å². The van der Waals surface area contributed by atoms with Gasteiger partial charge in [0.05, 0.1) is 11.1 Å². The summed E-state index contributed by atoms with van der Waals surface area (Å²) >= 11 is 5.63. The first kappa shape index (κ1) is 10.9. The highest BCUT2D eigenvalue weighted by molar-refractivity contribution is 6.30. The Hall–Kier alpha value is -0.640. The van der Waals surface area contributed by atoms with Gasteiger partial charge in [-0.3, -0.25) is 0 Å². The van der Waals surface area contributed by atoms with Crippen molar-refractivity contribution in [3.63, 3.8) is 0 Å². The first-order chi connectivity index (χ1) is 7.16. The van der Waals surface area contributed by atoms with Gasteiger partial charge in [0, 0.05) is 12.6 Å². The molecule has 1 aromatic carbocycles. The van der Waals surface area contributed by atoms with Gasteiger partial charge in [-0.15, -0.1) is 0 Å². The number of hydrogen-bond donors (Lipinski definition) is 2. The minimum Gasteiger partial charge on any atom is -0.387 e. The average Bonchev–Trinajstić information content (AvgIpc) is 3.02. The molecule has 2 rings (SSSR count). The van der Waals surface area contributed by atoms with Crippen molar-refractivity contribution < 1.29 is 9.50 Å². The van der Waals surface area contributed by atoms with E-state index in [1.165, 1.54) is 25.0 Å². The minimum absolute atomic E-state index is 0.0537. The fourth-order valence-electron chi connectivity index (χ4n) is 1.40. The Bertz CT molecular complexity index is 354. The Morgan fingerprint density at radius 2 is 2.27 bits per heavy atom. The van der Waals surface area contributed by atoms with Gasteiger partial charge in [0.1, 0.15) is 5.82 Å². The molecule has 15 heavy (non-hydrogen) atoms. The van der Waals surface area contributed by atoms with Crippen LogP contribution in [-0.2, 0) is 0 Å². The van der Waals surface area contributed by atoms with Crippen LogP contribution in [0.5, 0.6) is 0 Å². The Kier molecular flexibility index (Phi) is 3.24. The molecule has 2 N–H and O–H groups in total. The third-order valence-corrected chi connectivity index (χ3v) is 2.80. The molecule has 1 saturated carbocycles. The molecule has 82 valence electrons. The Labute approximate surface area is 93.1 Å². The number of aliphatic hydroxyl groups excluding tert-OH is 1. The van der Waals surface area contributed by atoms with Crippen molar-refractivity contribution in [1.82, 2.24) is 5.32 Å². The van der Waals surface area contributed by atoms with Gasteiger partial charge in [0.25, 0.3) is 0 Å². The van der Waals surface area contributed by atoms with Crippen LogP contribution in [0.2, 0.25) is 5.02 Å². The molecule has 0 heterocycles. The quantitative estimate of drug-likeness (QED) is 0.830. The van der Waals surface area contributed by atoms with Gasteiger partial charge in [-0.05, 0) is 30.5 Å². The Morgan fingerprint density at radius 1 is 1.53 bits per heavy atom. The SMILES string of the molecule is OC(CNC1CC1)c1ccc(F)c(Cl)c1. The maximum Gasteiger partial charge on any atom is 0.141 e. The zero-order valence-electron chi connectivity index (χ0n) is 8.21. The van der Waals surface area contributed by atoms with E-state index in [2.05, 4.69) is 5.32 Å². The molecular formula is C11H13ClFNO. The summed E-state index contributed by atoms with van der Waals surface area (Å²) in [5, 5.41) is 13.0. The van der Waals surface area contributed by atoms with Crippen molar-refractivity contribution in [2.75, 3.05) is 6.54 Å². The molecule has 2 nitrogen and oxygen atoms in total.